The summed E-state index contributed by atoms with van der Waals surface area (Å²) in [5.41, 5.74) is 15.1. The van der Waals surface area contributed by atoms with Crippen LogP contribution < -0.4 is 15.3 Å². The molecule has 2 nitrogen and oxygen atoms in total. The third-order valence-corrected chi connectivity index (χ3v) is 14.0. The Balaban J connectivity index is 0.946. The van der Waals surface area contributed by atoms with E-state index < -0.39 is 0 Å². The largest absolute Gasteiger partial charge is 0.310 e. The summed E-state index contributed by atoms with van der Waals surface area (Å²) in [6.45, 7) is 0. The zero-order chi connectivity index (χ0) is 45.0. The van der Waals surface area contributed by atoms with Crippen molar-refractivity contribution in [2.75, 3.05) is 4.90 Å². The number of fused-ring (bicyclic) bond motifs is 7. The van der Waals surface area contributed by atoms with Gasteiger partial charge in [0.15, 0.2) is 0 Å². The van der Waals surface area contributed by atoms with Crippen molar-refractivity contribution >= 4 is 72.6 Å². The van der Waals surface area contributed by atoms with E-state index in [1.54, 1.807) is 0 Å². The third-order valence-electron chi connectivity index (χ3n) is 14.0. The predicted molar refractivity (Wildman–Crippen MR) is 286 cm³/mol. The van der Waals surface area contributed by atoms with Crippen LogP contribution in [0.3, 0.4) is 0 Å². The molecule has 0 bridgehead atoms. The Kier molecular flexibility index (Phi) is 9.58. The lowest BCUT2D eigenvalue weighted by atomic mass is 9.89. The highest BCUT2D eigenvalue weighted by molar-refractivity contribution is 6.16. The molecule has 1 unspecified atom stereocenters. The lowest BCUT2D eigenvalue weighted by Crippen LogP contribution is -2.29. The molecule has 0 N–H and O–H groups in total. The maximum Gasteiger partial charge on any atom is 0.0552 e. The predicted octanol–water partition coefficient (Wildman–Crippen LogP) is 15.9. The maximum absolute atomic E-state index is 3.21. The van der Waals surface area contributed by atoms with Crippen LogP contribution in [0.5, 0.6) is 0 Å². The first-order valence-corrected chi connectivity index (χ1v) is 23.5. The summed E-state index contributed by atoms with van der Waals surface area (Å²) >= 11 is 0. The van der Waals surface area contributed by atoms with Gasteiger partial charge in [-0.05, 0) is 144 Å². The highest BCUT2D eigenvalue weighted by Gasteiger charge is 2.20. The van der Waals surface area contributed by atoms with Gasteiger partial charge < -0.3 is 9.47 Å². The fourth-order valence-electron chi connectivity index (χ4n) is 10.7. The molecule has 318 valence electrons. The molecular formula is C66H44N2. The van der Waals surface area contributed by atoms with Crippen LogP contribution in [0.4, 0.5) is 17.1 Å². The number of benzene rings is 10. The molecule has 0 fully saturated rings. The van der Waals surface area contributed by atoms with Gasteiger partial charge in [0.05, 0.1) is 16.7 Å². The molecule has 0 radical (unpaired) electrons. The van der Waals surface area contributed by atoms with Crippen LogP contribution in [0.25, 0.3) is 94.6 Å². The van der Waals surface area contributed by atoms with Crippen LogP contribution in [-0.2, 0) is 0 Å². The van der Waals surface area contributed by atoms with E-state index in [4.69, 9.17) is 0 Å². The van der Waals surface area contributed by atoms with Gasteiger partial charge in [-0.3, -0.25) is 0 Å². The lowest BCUT2D eigenvalue weighted by molar-refractivity contribution is 0.922. The number of anilines is 3. The average molecular weight is 865 g/mol. The van der Waals surface area contributed by atoms with Gasteiger partial charge in [0, 0.05) is 39.8 Å². The van der Waals surface area contributed by atoms with Gasteiger partial charge in [-0.25, -0.2) is 0 Å². The number of rotatable bonds is 8. The molecule has 0 aliphatic heterocycles. The molecule has 1 atom stereocenters. The number of nitrogens with zero attached hydrogens (tertiary/aromatic N) is 2. The van der Waals surface area contributed by atoms with Crippen LogP contribution in [0.2, 0.25) is 0 Å². The monoisotopic (exact) mass is 864 g/mol. The molecule has 1 heterocycles. The van der Waals surface area contributed by atoms with Crippen LogP contribution in [0.1, 0.15) is 17.9 Å². The van der Waals surface area contributed by atoms with Crippen molar-refractivity contribution in [3.8, 4) is 39.1 Å². The van der Waals surface area contributed by atoms with E-state index in [-0.39, 0.29) is 0 Å². The summed E-state index contributed by atoms with van der Waals surface area (Å²) in [5.74, 6) is 0.298. The van der Waals surface area contributed by atoms with E-state index in [2.05, 4.69) is 258 Å². The summed E-state index contributed by atoms with van der Waals surface area (Å²) in [6.07, 6.45) is 5.86. The number of hydrogen-bond donors (Lipinski definition) is 0. The fourth-order valence-corrected chi connectivity index (χ4v) is 10.7. The zero-order valence-corrected chi connectivity index (χ0v) is 37.4. The van der Waals surface area contributed by atoms with E-state index >= 15 is 0 Å². The Labute approximate surface area is 396 Å². The van der Waals surface area contributed by atoms with E-state index in [0.29, 0.717) is 5.92 Å². The van der Waals surface area contributed by atoms with Crippen molar-refractivity contribution in [3.63, 3.8) is 0 Å². The van der Waals surface area contributed by atoms with Crippen molar-refractivity contribution in [2.24, 2.45) is 0 Å². The minimum absolute atomic E-state index is 0.298. The molecule has 0 saturated heterocycles. The Hall–Kier alpha value is -8.90. The van der Waals surface area contributed by atoms with E-state index in [9.17, 15) is 0 Å². The van der Waals surface area contributed by atoms with Crippen molar-refractivity contribution in [1.29, 1.82) is 0 Å². The van der Waals surface area contributed by atoms with E-state index in [1.165, 1.54) is 76.1 Å². The summed E-state index contributed by atoms with van der Waals surface area (Å²) < 4.78 is 2.37. The van der Waals surface area contributed by atoms with Gasteiger partial charge in [0.25, 0.3) is 0 Å². The summed E-state index contributed by atoms with van der Waals surface area (Å²) in [5, 5.41) is 10.2. The van der Waals surface area contributed by atoms with Crippen molar-refractivity contribution in [3.05, 3.63) is 265 Å². The molecular weight excluding hydrogens is 821 g/mol. The van der Waals surface area contributed by atoms with Crippen LogP contribution >= 0.6 is 0 Å². The first-order chi connectivity index (χ1) is 33.7. The van der Waals surface area contributed by atoms with Crippen LogP contribution in [0, 0.1) is 12.1 Å². The summed E-state index contributed by atoms with van der Waals surface area (Å²) in [6, 6.07) is 92.6. The molecule has 13 rings (SSSR count). The van der Waals surface area contributed by atoms with Gasteiger partial charge in [-0.2, -0.15) is 0 Å². The van der Waals surface area contributed by atoms with Crippen molar-refractivity contribution in [2.45, 2.75) is 12.3 Å². The average Bonchev–Trinajstić information content (AvgIpc) is 3.75. The molecule has 1 aliphatic rings. The minimum atomic E-state index is 0.298. The molecule has 11 aromatic carbocycles. The maximum atomic E-state index is 3.21. The Morgan fingerprint density at radius 3 is 1.96 bits per heavy atom. The normalized spacial score (nSPS) is 13.2. The van der Waals surface area contributed by atoms with E-state index in [1.807, 2.05) is 12.1 Å². The second-order valence-corrected chi connectivity index (χ2v) is 17.9. The third kappa shape index (κ3) is 6.84. The quantitative estimate of drug-likeness (QED) is 0.148. The molecule has 1 aliphatic carbocycles. The molecule has 2 heteroatoms. The Morgan fingerprint density at radius 1 is 0.441 bits per heavy atom. The van der Waals surface area contributed by atoms with Crippen LogP contribution in [-0.4, -0.2) is 4.57 Å². The van der Waals surface area contributed by atoms with Gasteiger partial charge >= 0.3 is 0 Å². The SMILES string of the molecule is c1ccc(-n2c3ccc(-c4ccccc4)cc3c3c(-c4cccc(N(c5ccc(-c6cccc7ccccc67)cc5)c5ccc(C6C=c7ccc8ccccc8c7=CC6)cc5)c4)cccc32)cc#1. The first kappa shape index (κ1) is 39.5. The van der Waals surface area contributed by atoms with Crippen LogP contribution in [0.15, 0.2) is 237 Å². The molecule has 12 aromatic rings. The standard InChI is InChI=1S/C66H44N2/c1-3-14-45(15-4-1)51-35-41-64-63(44-51)66-62(26-13-27-65(66)68(64)54-20-5-2-6-21-54)52-19-11-22-57(43-52)67(56-38-32-49(33-39-56)60-25-12-18-47-16-7-9-23-58(47)60)55-36-30-46(31-37-55)50-34-40-61-53(42-50)29-28-48-17-8-10-24-59(48)61/h1,3-5,7-33,35-44,50H,34H2. The topological polar surface area (TPSA) is 8.17 Å². The van der Waals surface area contributed by atoms with Crippen molar-refractivity contribution < 1.29 is 0 Å². The first-order valence-electron chi connectivity index (χ1n) is 23.5. The number of hydrogen-bond acceptors (Lipinski definition) is 1. The molecule has 68 heavy (non-hydrogen) atoms. The second kappa shape index (κ2) is 16.5. The summed E-state index contributed by atoms with van der Waals surface area (Å²) in [4.78, 5) is 2.41. The highest BCUT2D eigenvalue weighted by Crippen LogP contribution is 2.43. The molecule has 1 aromatic heterocycles. The van der Waals surface area contributed by atoms with Gasteiger partial charge in [-0.1, -0.05) is 188 Å². The van der Waals surface area contributed by atoms with Gasteiger partial charge in [-0.15, -0.1) is 0 Å². The smallest absolute Gasteiger partial charge is 0.0552 e. The molecule has 0 spiro atoms. The zero-order valence-electron chi connectivity index (χ0n) is 37.4. The molecule has 0 saturated carbocycles. The highest BCUT2D eigenvalue weighted by atomic mass is 15.1. The Morgan fingerprint density at radius 2 is 1.13 bits per heavy atom. The minimum Gasteiger partial charge on any atom is -0.310 e. The number of aromatic nitrogens is 1. The molecule has 0 amide bonds. The summed E-state index contributed by atoms with van der Waals surface area (Å²) in [7, 11) is 0. The fraction of sp³-hybridized carbons (Fsp3) is 0.0303. The lowest BCUT2D eigenvalue weighted by Gasteiger charge is -2.27. The van der Waals surface area contributed by atoms with E-state index in [0.717, 1.165) is 45.8 Å². The Bertz CT molecular complexity index is 3970. The van der Waals surface area contributed by atoms with Gasteiger partial charge in [0.1, 0.15) is 0 Å². The second-order valence-electron chi connectivity index (χ2n) is 17.9. The van der Waals surface area contributed by atoms with Gasteiger partial charge in [0.2, 0.25) is 0 Å². The van der Waals surface area contributed by atoms with Crippen molar-refractivity contribution in [1.82, 2.24) is 4.57 Å².